The first kappa shape index (κ1) is 14.0. The Kier molecular flexibility index (Phi) is 4.18. The molecule has 2 unspecified atom stereocenters. The molecule has 1 saturated carbocycles. The summed E-state index contributed by atoms with van der Waals surface area (Å²) in [6, 6.07) is 0. The van der Waals surface area contributed by atoms with Crippen molar-refractivity contribution in [2.45, 2.75) is 46.0 Å². The van der Waals surface area contributed by atoms with Crippen LogP contribution in [0.2, 0.25) is 0 Å². The second-order valence-corrected chi connectivity index (χ2v) is 5.84. The fourth-order valence-electron chi connectivity index (χ4n) is 3.41. The van der Waals surface area contributed by atoms with Crippen LogP contribution in [0, 0.1) is 11.8 Å². The van der Waals surface area contributed by atoms with Crippen molar-refractivity contribution in [2.24, 2.45) is 11.8 Å². The third-order valence-electron chi connectivity index (χ3n) is 4.36. The lowest BCUT2D eigenvalue weighted by atomic mass is 9.71. The zero-order valence-electron chi connectivity index (χ0n) is 11.9. The van der Waals surface area contributed by atoms with Gasteiger partial charge >= 0.3 is 0 Å². The van der Waals surface area contributed by atoms with Crippen LogP contribution in [-0.4, -0.2) is 12.1 Å². The summed E-state index contributed by atoms with van der Waals surface area (Å²) in [5, 5.41) is 0. The molecule has 0 aromatic rings. The van der Waals surface area contributed by atoms with Gasteiger partial charge in [-0.05, 0) is 51.0 Å². The van der Waals surface area contributed by atoms with Crippen LogP contribution in [0.25, 0.3) is 0 Å². The molecule has 0 N–H and O–H groups in total. The monoisotopic (exact) mass is 258 g/mol. The Morgan fingerprint density at radius 1 is 1.32 bits per heavy atom. The van der Waals surface area contributed by atoms with Gasteiger partial charge in [-0.2, -0.15) is 0 Å². The predicted octanol–water partition coefficient (Wildman–Crippen LogP) is 3.78. The summed E-state index contributed by atoms with van der Waals surface area (Å²) >= 11 is 0. The molecule has 2 aliphatic carbocycles. The molecule has 0 aromatic carbocycles. The van der Waals surface area contributed by atoms with Crippen molar-refractivity contribution in [1.82, 2.24) is 0 Å². The fraction of sp³-hybridized carbons (Fsp3) is 0.529. The Labute approximate surface area is 115 Å². The van der Waals surface area contributed by atoms with Gasteiger partial charge in [0.15, 0.2) is 5.78 Å². The van der Waals surface area contributed by atoms with E-state index in [-0.39, 0.29) is 17.6 Å². The van der Waals surface area contributed by atoms with Gasteiger partial charge < -0.3 is 0 Å². The average Bonchev–Trinajstić information content (AvgIpc) is 2.70. The lowest BCUT2D eigenvalue weighted by Crippen LogP contribution is -2.25. The summed E-state index contributed by atoms with van der Waals surface area (Å²) in [5.41, 5.74) is 4.13. The molecule has 2 aliphatic rings. The Balaban J connectivity index is 2.37. The second kappa shape index (κ2) is 5.68. The van der Waals surface area contributed by atoms with Crippen LogP contribution >= 0.6 is 0 Å². The van der Waals surface area contributed by atoms with E-state index in [1.807, 2.05) is 13.0 Å². The molecule has 2 heteroatoms. The van der Waals surface area contributed by atoms with Gasteiger partial charge in [-0.25, -0.2) is 0 Å². The molecule has 102 valence electrons. The number of hydrogen-bond donors (Lipinski definition) is 0. The number of carbonyl (C=O) groups excluding carboxylic acids is 2. The first-order valence-electron chi connectivity index (χ1n) is 7.08. The molecule has 0 aliphatic heterocycles. The normalized spacial score (nSPS) is 29.1. The van der Waals surface area contributed by atoms with E-state index in [4.69, 9.17) is 0 Å². The largest absolute Gasteiger partial charge is 0.298 e. The quantitative estimate of drug-likeness (QED) is 0.438. The van der Waals surface area contributed by atoms with Gasteiger partial charge in [-0.15, -0.1) is 0 Å². The van der Waals surface area contributed by atoms with Crippen LogP contribution in [0.4, 0.5) is 0 Å². The van der Waals surface area contributed by atoms with Gasteiger partial charge in [0.25, 0.3) is 0 Å². The van der Waals surface area contributed by atoms with E-state index in [2.05, 4.69) is 13.5 Å². The van der Waals surface area contributed by atoms with Crippen LogP contribution < -0.4 is 0 Å². The van der Waals surface area contributed by atoms with Gasteiger partial charge in [0.05, 0.1) is 0 Å². The Morgan fingerprint density at radius 3 is 2.63 bits per heavy atom. The highest BCUT2D eigenvalue weighted by Crippen LogP contribution is 2.43. The zero-order valence-corrected chi connectivity index (χ0v) is 11.9. The maximum atomic E-state index is 12.1. The van der Waals surface area contributed by atoms with E-state index in [1.54, 1.807) is 0 Å². The van der Waals surface area contributed by atoms with E-state index < -0.39 is 0 Å². The molecule has 0 spiro atoms. The first-order valence-corrected chi connectivity index (χ1v) is 7.08. The van der Waals surface area contributed by atoms with E-state index in [9.17, 15) is 9.59 Å². The van der Waals surface area contributed by atoms with Crippen molar-refractivity contribution < 1.29 is 9.59 Å². The van der Waals surface area contributed by atoms with Crippen molar-refractivity contribution in [3.05, 3.63) is 34.9 Å². The maximum absolute atomic E-state index is 12.1. The van der Waals surface area contributed by atoms with Crippen molar-refractivity contribution >= 4 is 12.1 Å². The third kappa shape index (κ3) is 2.78. The number of allylic oxidation sites excluding steroid dienone is 5. The van der Waals surface area contributed by atoms with Crippen LogP contribution in [0.5, 0.6) is 0 Å². The minimum absolute atomic E-state index is 0.138. The Morgan fingerprint density at radius 2 is 2.05 bits per heavy atom. The SMILES string of the molecule is C=C1CCCC(/C=C(/C)C=O)C1C1=C(C)CCC1=O. The molecule has 0 bridgehead atoms. The molecule has 2 nitrogen and oxygen atoms in total. The molecule has 0 aromatic heterocycles. The predicted molar refractivity (Wildman–Crippen MR) is 76.7 cm³/mol. The molecule has 19 heavy (non-hydrogen) atoms. The van der Waals surface area contributed by atoms with Gasteiger partial charge in [0.2, 0.25) is 0 Å². The van der Waals surface area contributed by atoms with Crippen LogP contribution in [0.15, 0.2) is 34.9 Å². The van der Waals surface area contributed by atoms with E-state index in [1.165, 1.54) is 5.57 Å². The minimum Gasteiger partial charge on any atom is -0.298 e. The molecular formula is C17H22O2. The summed E-state index contributed by atoms with van der Waals surface area (Å²) in [7, 11) is 0. The minimum atomic E-state index is 0.138. The smallest absolute Gasteiger partial charge is 0.159 e. The molecule has 0 saturated heterocycles. The highest BCUT2D eigenvalue weighted by Gasteiger charge is 2.35. The molecule has 1 fully saturated rings. The Hall–Kier alpha value is -1.44. The number of Topliss-reactive ketones (excluding diaryl/α,β-unsaturated/α-hetero) is 1. The van der Waals surface area contributed by atoms with E-state index in [0.717, 1.165) is 48.7 Å². The second-order valence-electron chi connectivity index (χ2n) is 5.84. The molecule has 2 atom stereocenters. The van der Waals surface area contributed by atoms with E-state index >= 15 is 0 Å². The third-order valence-corrected chi connectivity index (χ3v) is 4.36. The molecular weight excluding hydrogens is 236 g/mol. The standard InChI is InChI=1S/C17H22O2/c1-11(10-18)9-14-6-4-5-12(2)16(14)17-13(3)7-8-15(17)19/h9-10,14,16H,2,4-8H2,1,3H3/b11-9-. The number of ketones is 1. The van der Waals surface area contributed by atoms with Gasteiger partial charge in [0, 0.05) is 17.9 Å². The highest BCUT2D eigenvalue weighted by molar-refractivity contribution is 5.99. The molecule has 0 amide bonds. The number of aldehydes is 1. The number of carbonyl (C=O) groups is 2. The lowest BCUT2D eigenvalue weighted by molar-refractivity contribution is -0.115. The van der Waals surface area contributed by atoms with Crippen molar-refractivity contribution in [3.8, 4) is 0 Å². The van der Waals surface area contributed by atoms with Gasteiger partial charge in [-0.3, -0.25) is 9.59 Å². The highest BCUT2D eigenvalue weighted by atomic mass is 16.1. The number of rotatable bonds is 3. The van der Waals surface area contributed by atoms with Crippen molar-refractivity contribution in [1.29, 1.82) is 0 Å². The van der Waals surface area contributed by atoms with Crippen LogP contribution in [-0.2, 0) is 9.59 Å². The molecule has 0 heterocycles. The summed E-state index contributed by atoms with van der Waals surface area (Å²) < 4.78 is 0. The molecule has 2 rings (SSSR count). The summed E-state index contributed by atoms with van der Waals surface area (Å²) in [6.07, 6.45) is 7.61. The molecule has 0 radical (unpaired) electrons. The van der Waals surface area contributed by atoms with Crippen LogP contribution in [0.1, 0.15) is 46.0 Å². The van der Waals surface area contributed by atoms with Crippen molar-refractivity contribution in [2.75, 3.05) is 0 Å². The summed E-state index contributed by atoms with van der Waals surface area (Å²) in [5.74, 6) is 0.685. The maximum Gasteiger partial charge on any atom is 0.159 e. The Bertz CT molecular complexity index is 479. The van der Waals surface area contributed by atoms with E-state index in [0.29, 0.717) is 6.42 Å². The lowest BCUT2D eigenvalue weighted by Gasteiger charge is -2.33. The van der Waals surface area contributed by atoms with Crippen molar-refractivity contribution in [3.63, 3.8) is 0 Å². The van der Waals surface area contributed by atoms with Gasteiger partial charge in [0.1, 0.15) is 6.29 Å². The zero-order chi connectivity index (χ0) is 14.0. The number of hydrogen-bond acceptors (Lipinski definition) is 2. The topological polar surface area (TPSA) is 34.1 Å². The van der Waals surface area contributed by atoms with Crippen LogP contribution in [0.3, 0.4) is 0 Å². The summed E-state index contributed by atoms with van der Waals surface area (Å²) in [6.45, 7) is 8.09. The summed E-state index contributed by atoms with van der Waals surface area (Å²) in [4.78, 5) is 23.0. The fourth-order valence-corrected chi connectivity index (χ4v) is 3.41. The first-order chi connectivity index (χ1) is 9.04. The van der Waals surface area contributed by atoms with Gasteiger partial charge in [-0.1, -0.05) is 23.8 Å². The average molecular weight is 258 g/mol.